The number of ether oxygens (including phenoxy) is 2. The zero-order valence-corrected chi connectivity index (χ0v) is 19.2. The number of benzene rings is 1. The summed E-state index contributed by atoms with van der Waals surface area (Å²) in [7, 11) is 1.88. The number of piperidine rings is 1. The van der Waals surface area contributed by atoms with E-state index in [1.807, 2.05) is 44.6 Å². The molecule has 32 heavy (non-hydrogen) atoms. The summed E-state index contributed by atoms with van der Waals surface area (Å²) in [5.41, 5.74) is 6.87. The van der Waals surface area contributed by atoms with Gasteiger partial charge >= 0.3 is 6.09 Å². The lowest BCUT2D eigenvalue weighted by atomic mass is 9.95. The minimum absolute atomic E-state index is 0.225. The highest BCUT2D eigenvalue weighted by Gasteiger charge is 2.34. The van der Waals surface area contributed by atoms with Crippen LogP contribution < -0.4 is 10.5 Å². The van der Waals surface area contributed by atoms with E-state index < -0.39 is 11.5 Å². The van der Waals surface area contributed by atoms with E-state index in [-0.39, 0.29) is 23.7 Å². The van der Waals surface area contributed by atoms with Gasteiger partial charge < -0.3 is 24.7 Å². The van der Waals surface area contributed by atoms with Gasteiger partial charge in [0, 0.05) is 38.3 Å². The van der Waals surface area contributed by atoms with Crippen LogP contribution in [-0.4, -0.2) is 51.2 Å². The number of primary amides is 1. The van der Waals surface area contributed by atoms with Gasteiger partial charge in [0.1, 0.15) is 17.5 Å². The van der Waals surface area contributed by atoms with Gasteiger partial charge in [-0.25, -0.2) is 9.78 Å². The van der Waals surface area contributed by atoms with Crippen LogP contribution in [0.4, 0.5) is 4.79 Å². The average Bonchev–Trinajstić information content (AvgIpc) is 3.14. The van der Waals surface area contributed by atoms with Crippen LogP contribution in [0.2, 0.25) is 0 Å². The van der Waals surface area contributed by atoms with Gasteiger partial charge in [-0.05, 0) is 45.9 Å². The lowest BCUT2D eigenvalue weighted by Gasteiger charge is -2.37. The first-order valence-corrected chi connectivity index (χ1v) is 10.6. The summed E-state index contributed by atoms with van der Waals surface area (Å²) in [6.45, 7) is 8.12. The molecule has 2 atom stereocenters. The number of imidazole rings is 1. The van der Waals surface area contributed by atoms with Crippen molar-refractivity contribution in [3.63, 3.8) is 0 Å². The lowest BCUT2D eigenvalue weighted by Crippen LogP contribution is -2.49. The van der Waals surface area contributed by atoms with E-state index in [2.05, 4.69) is 16.8 Å². The predicted molar refractivity (Wildman–Crippen MR) is 121 cm³/mol. The highest BCUT2D eigenvalue weighted by Crippen LogP contribution is 2.30. The van der Waals surface area contributed by atoms with Crippen molar-refractivity contribution in [2.24, 2.45) is 18.7 Å². The average molecular weight is 439 g/mol. The maximum Gasteiger partial charge on any atom is 0.410 e. The molecule has 1 aliphatic rings. The first-order chi connectivity index (χ1) is 15.1. The van der Waals surface area contributed by atoms with E-state index in [9.17, 15) is 9.59 Å². The molecule has 0 saturated carbocycles. The zero-order valence-electron chi connectivity index (χ0n) is 19.2. The summed E-state index contributed by atoms with van der Waals surface area (Å²) in [6.07, 6.45) is 3.45. The van der Waals surface area contributed by atoms with Crippen LogP contribution in [0, 0.1) is 17.8 Å². The Balaban J connectivity index is 1.80. The van der Waals surface area contributed by atoms with Crippen LogP contribution in [0.15, 0.2) is 30.7 Å². The summed E-state index contributed by atoms with van der Waals surface area (Å²) in [5, 5.41) is 0. The fourth-order valence-electron chi connectivity index (χ4n) is 3.60. The molecule has 2 heterocycles. The minimum Gasteiger partial charge on any atom is -0.488 e. The number of aryl methyl sites for hydroxylation is 1. The molecule has 0 spiro atoms. The molecule has 3 rings (SSSR count). The monoisotopic (exact) mass is 438 g/mol. The Labute approximate surface area is 188 Å². The molecule has 1 aliphatic heterocycles. The second-order valence-corrected chi connectivity index (χ2v) is 8.87. The largest absolute Gasteiger partial charge is 0.488 e. The number of rotatable bonds is 4. The number of hydrogen-bond donors (Lipinski definition) is 1. The molecule has 2 N–H and O–H groups in total. The van der Waals surface area contributed by atoms with Crippen LogP contribution >= 0.6 is 0 Å². The number of nitrogens with zero attached hydrogens (tertiary/aromatic N) is 3. The second-order valence-electron chi connectivity index (χ2n) is 8.87. The summed E-state index contributed by atoms with van der Waals surface area (Å²) < 4.78 is 13.6. The van der Waals surface area contributed by atoms with Crippen LogP contribution in [-0.2, 0) is 11.8 Å². The molecule has 1 fully saturated rings. The molecule has 1 aromatic carbocycles. The molecule has 170 valence electrons. The number of aromatic nitrogens is 2. The first kappa shape index (κ1) is 23.2. The Bertz CT molecular complexity index is 1060. The Kier molecular flexibility index (Phi) is 6.78. The van der Waals surface area contributed by atoms with Crippen molar-refractivity contribution >= 4 is 12.0 Å². The fourth-order valence-corrected chi connectivity index (χ4v) is 3.60. The van der Waals surface area contributed by atoms with Crippen LogP contribution in [0.5, 0.6) is 5.75 Å². The molecule has 8 heteroatoms. The summed E-state index contributed by atoms with van der Waals surface area (Å²) in [6, 6.07) is 5.28. The van der Waals surface area contributed by atoms with Gasteiger partial charge in [0.25, 0.3) is 5.91 Å². The van der Waals surface area contributed by atoms with Gasteiger partial charge in [-0.15, -0.1) is 5.92 Å². The molecule has 0 aliphatic carbocycles. The number of nitrogens with two attached hydrogens (primary N) is 1. The van der Waals surface area contributed by atoms with E-state index in [0.717, 1.165) is 11.3 Å². The third-order valence-electron chi connectivity index (χ3n) is 5.05. The van der Waals surface area contributed by atoms with Gasteiger partial charge in [-0.1, -0.05) is 5.92 Å². The predicted octanol–water partition coefficient (Wildman–Crippen LogP) is 3.21. The van der Waals surface area contributed by atoms with Crippen molar-refractivity contribution in [2.75, 3.05) is 13.1 Å². The third-order valence-corrected chi connectivity index (χ3v) is 5.05. The van der Waals surface area contributed by atoms with Crippen LogP contribution in [0.1, 0.15) is 44.5 Å². The number of hydrogen-bond acceptors (Lipinski definition) is 5. The van der Waals surface area contributed by atoms with E-state index in [0.29, 0.717) is 25.3 Å². The highest BCUT2D eigenvalue weighted by molar-refractivity contribution is 5.97. The SMILES string of the molecule is CC#CC1CN(C(=O)OC(C)(C)C)CCC1Oc1ccc(-c2cn(C)cn2)cc1C(N)=O. The third kappa shape index (κ3) is 5.61. The normalized spacial score (nSPS) is 18.5. The Hall–Kier alpha value is -3.47. The van der Waals surface area contributed by atoms with Gasteiger partial charge in [0.2, 0.25) is 0 Å². The summed E-state index contributed by atoms with van der Waals surface area (Å²) in [4.78, 5) is 30.6. The zero-order chi connectivity index (χ0) is 23.5. The minimum atomic E-state index is -0.581. The Morgan fingerprint density at radius 2 is 2.03 bits per heavy atom. The topological polar surface area (TPSA) is 99.7 Å². The Morgan fingerprint density at radius 1 is 1.28 bits per heavy atom. The van der Waals surface area contributed by atoms with Crippen LogP contribution in [0.25, 0.3) is 11.3 Å². The molecule has 2 amide bonds. The van der Waals surface area contributed by atoms with Crippen molar-refractivity contribution in [3.05, 3.63) is 36.3 Å². The van der Waals surface area contributed by atoms with Crippen molar-refractivity contribution in [1.82, 2.24) is 14.5 Å². The summed E-state index contributed by atoms with van der Waals surface area (Å²) in [5.74, 6) is 5.65. The van der Waals surface area contributed by atoms with Crippen molar-refractivity contribution < 1.29 is 19.1 Å². The molecule has 0 bridgehead atoms. The van der Waals surface area contributed by atoms with E-state index in [4.69, 9.17) is 15.2 Å². The van der Waals surface area contributed by atoms with Crippen molar-refractivity contribution in [1.29, 1.82) is 0 Å². The first-order valence-electron chi connectivity index (χ1n) is 10.6. The van der Waals surface area contributed by atoms with E-state index in [1.165, 1.54) is 0 Å². The van der Waals surface area contributed by atoms with Gasteiger partial charge in [0.05, 0.1) is 23.5 Å². The van der Waals surface area contributed by atoms with Gasteiger partial charge in [-0.2, -0.15) is 0 Å². The Morgan fingerprint density at radius 3 is 2.62 bits per heavy atom. The fraction of sp³-hybridized carbons (Fsp3) is 0.458. The molecule has 1 aromatic heterocycles. The smallest absolute Gasteiger partial charge is 0.410 e. The van der Waals surface area contributed by atoms with Gasteiger partial charge in [0.15, 0.2) is 0 Å². The molecule has 2 aromatic rings. The lowest BCUT2D eigenvalue weighted by molar-refractivity contribution is 0.00521. The quantitative estimate of drug-likeness (QED) is 0.739. The molecule has 1 saturated heterocycles. The highest BCUT2D eigenvalue weighted by atomic mass is 16.6. The van der Waals surface area contributed by atoms with Crippen molar-refractivity contribution in [3.8, 4) is 28.8 Å². The van der Waals surface area contributed by atoms with Crippen molar-refractivity contribution in [2.45, 2.75) is 45.8 Å². The second kappa shape index (κ2) is 9.35. The molecule has 2 unspecified atom stereocenters. The van der Waals surface area contributed by atoms with E-state index >= 15 is 0 Å². The number of likely N-dealkylation sites (tertiary alicyclic amines) is 1. The molecule has 8 nitrogen and oxygen atoms in total. The maximum atomic E-state index is 12.5. The number of carbonyl (C=O) groups is 2. The maximum absolute atomic E-state index is 12.5. The van der Waals surface area contributed by atoms with Crippen LogP contribution in [0.3, 0.4) is 0 Å². The standard InChI is InChI=1S/C24H30N4O4/c1-6-7-17-13-28(23(30)32-24(2,3)4)11-10-20(17)31-21-9-8-16(12-18(21)22(25)29)19-14-27(5)15-26-19/h8-9,12,14-15,17,20H,10-11,13H2,1-5H3,(H2,25,29). The molecular weight excluding hydrogens is 408 g/mol. The number of carbonyl (C=O) groups excluding carboxylic acids is 2. The van der Waals surface area contributed by atoms with E-state index in [1.54, 1.807) is 30.3 Å². The number of amides is 2. The molecular formula is C24H30N4O4. The molecule has 0 radical (unpaired) electrons. The van der Waals surface area contributed by atoms with Gasteiger partial charge in [-0.3, -0.25) is 4.79 Å². The summed E-state index contributed by atoms with van der Waals surface area (Å²) >= 11 is 0.